The van der Waals surface area contributed by atoms with Crippen molar-refractivity contribution in [2.45, 2.75) is 26.7 Å². The summed E-state index contributed by atoms with van der Waals surface area (Å²) in [6.45, 7) is 4.29. The van der Waals surface area contributed by atoms with E-state index in [-0.39, 0.29) is 11.4 Å². The zero-order valence-electron chi connectivity index (χ0n) is 19.8. The number of anilines is 2. The average Bonchev–Trinajstić information content (AvgIpc) is 3.25. The Morgan fingerprint density at radius 1 is 0.972 bits per heavy atom. The molecule has 0 atom stereocenters. The van der Waals surface area contributed by atoms with Crippen molar-refractivity contribution in [2.24, 2.45) is 5.92 Å². The monoisotopic (exact) mass is 501 g/mol. The first-order valence-electron chi connectivity index (χ1n) is 11.6. The Hall–Kier alpha value is -4.11. The highest BCUT2D eigenvalue weighted by molar-refractivity contribution is 7.22. The normalized spacial score (nSPS) is 11.3. The largest absolute Gasteiger partial charge is 0.325 e. The number of urea groups is 1. The van der Waals surface area contributed by atoms with Gasteiger partial charge in [-0.15, -0.1) is 0 Å². The van der Waals surface area contributed by atoms with E-state index in [1.807, 2.05) is 36.4 Å². The smallest absolute Gasteiger partial charge is 0.310 e. The number of H-pyrrole nitrogens is 1. The van der Waals surface area contributed by atoms with Crippen LogP contribution in [0.3, 0.4) is 0 Å². The zero-order chi connectivity index (χ0) is 25.2. The lowest BCUT2D eigenvalue weighted by Crippen LogP contribution is -2.19. The second kappa shape index (κ2) is 9.87. The van der Waals surface area contributed by atoms with Gasteiger partial charge in [-0.1, -0.05) is 37.3 Å². The van der Waals surface area contributed by atoms with Crippen LogP contribution in [0, 0.1) is 11.7 Å². The van der Waals surface area contributed by atoms with E-state index in [1.165, 1.54) is 35.6 Å². The molecule has 0 saturated carbocycles. The number of nitrogens with one attached hydrogen (secondary N) is 3. The second-order valence-electron chi connectivity index (χ2n) is 8.96. The summed E-state index contributed by atoms with van der Waals surface area (Å²) in [6, 6.07) is 16.5. The van der Waals surface area contributed by atoms with E-state index in [9.17, 15) is 14.0 Å². The number of benzene rings is 3. The molecule has 0 aliphatic rings. The number of carbonyl (C=O) groups is 1. The van der Waals surface area contributed by atoms with Gasteiger partial charge in [-0.05, 0) is 72.0 Å². The number of carbonyl (C=O) groups excluding carboxylic acids is 1. The first-order chi connectivity index (χ1) is 17.3. The number of aryl methyl sites for hydroxylation is 1. The van der Waals surface area contributed by atoms with Crippen molar-refractivity contribution in [3.05, 3.63) is 82.7 Å². The first kappa shape index (κ1) is 23.6. The van der Waals surface area contributed by atoms with Gasteiger partial charge in [0.2, 0.25) is 0 Å². The maximum atomic E-state index is 13.1. The van der Waals surface area contributed by atoms with E-state index in [2.05, 4.69) is 39.4 Å². The highest BCUT2D eigenvalue weighted by Gasteiger charge is 2.11. The van der Waals surface area contributed by atoms with E-state index in [4.69, 9.17) is 0 Å². The van der Waals surface area contributed by atoms with Gasteiger partial charge in [0.15, 0.2) is 5.13 Å². The summed E-state index contributed by atoms with van der Waals surface area (Å²) in [4.78, 5) is 37.1. The third kappa shape index (κ3) is 5.26. The van der Waals surface area contributed by atoms with Crippen LogP contribution in [0.5, 0.6) is 0 Å². The molecule has 2 aromatic heterocycles. The molecule has 182 valence electrons. The number of thiazole rings is 1. The van der Waals surface area contributed by atoms with Gasteiger partial charge in [-0.2, -0.15) is 0 Å². The lowest BCUT2D eigenvalue weighted by atomic mass is 10.0. The molecule has 0 unspecified atom stereocenters. The van der Waals surface area contributed by atoms with Crippen LogP contribution in [0.4, 0.5) is 20.0 Å². The van der Waals surface area contributed by atoms with Crippen molar-refractivity contribution in [1.82, 2.24) is 15.0 Å². The molecule has 0 radical (unpaired) electrons. The minimum atomic E-state index is -0.463. The summed E-state index contributed by atoms with van der Waals surface area (Å²) in [6.07, 6.45) is 1.70. The van der Waals surface area contributed by atoms with E-state index in [1.54, 1.807) is 0 Å². The van der Waals surface area contributed by atoms with Crippen molar-refractivity contribution >= 4 is 49.3 Å². The number of hydrogen-bond acceptors (Lipinski definition) is 5. The van der Waals surface area contributed by atoms with Crippen LogP contribution in [-0.2, 0) is 6.42 Å². The van der Waals surface area contributed by atoms with Crippen LogP contribution in [0.15, 0.2) is 65.5 Å². The summed E-state index contributed by atoms with van der Waals surface area (Å²) in [5.74, 6) is 0.872. The average molecular weight is 502 g/mol. The fourth-order valence-corrected chi connectivity index (χ4v) is 4.70. The Morgan fingerprint density at radius 3 is 2.50 bits per heavy atom. The molecule has 0 fully saturated rings. The minimum Gasteiger partial charge on any atom is -0.310 e. The van der Waals surface area contributed by atoms with Crippen molar-refractivity contribution < 1.29 is 9.18 Å². The van der Waals surface area contributed by atoms with Crippen LogP contribution >= 0.6 is 11.3 Å². The molecule has 5 rings (SSSR count). The lowest BCUT2D eigenvalue weighted by Gasteiger charge is -2.07. The van der Waals surface area contributed by atoms with Crippen LogP contribution < -0.4 is 16.2 Å². The number of aromatic amines is 1. The fraction of sp³-hybridized carbons (Fsp3) is 0.185. The molecule has 7 nitrogen and oxygen atoms in total. The molecular weight excluding hydrogens is 477 g/mol. The number of rotatable bonds is 6. The maximum Gasteiger partial charge on any atom is 0.325 e. The van der Waals surface area contributed by atoms with E-state index in [0.717, 1.165) is 34.2 Å². The van der Waals surface area contributed by atoms with Crippen molar-refractivity contribution in [1.29, 1.82) is 0 Å². The van der Waals surface area contributed by atoms with Gasteiger partial charge >= 0.3 is 6.03 Å². The van der Waals surface area contributed by atoms with Crippen molar-refractivity contribution in [3.63, 3.8) is 0 Å². The number of nitrogens with zero attached hydrogens (tertiary/aromatic N) is 2. The van der Waals surface area contributed by atoms with Gasteiger partial charge in [0.1, 0.15) is 11.6 Å². The number of amides is 2. The minimum absolute atomic E-state index is 0.144. The van der Waals surface area contributed by atoms with E-state index < -0.39 is 6.03 Å². The molecule has 0 aliphatic heterocycles. The van der Waals surface area contributed by atoms with Gasteiger partial charge < -0.3 is 10.3 Å². The number of halogens is 1. The molecule has 0 bridgehead atoms. The van der Waals surface area contributed by atoms with Gasteiger partial charge in [0.05, 0.1) is 21.1 Å². The zero-order valence-corrected chi connectivity index (χ0v) is 20.6. The summed E-state index contributed by atoms with van der Waals surface area (Å²) in [7, 11) is 0. The molecule has 2 heterocycles. The molecule has 36 heavy (non-hydrogen) atoms. The third-order valence-electron chi connectivity index (χ3n) is 5.76. The van der Waals surface area contributed by atoms with Crippen LogP contribution in [0.1, 0.15) is 26.1 Å². The van der Waals surface area contributed by atoms with Crippen LogP contribution in [0.2, 0.25) is 0 Å². The summed E-state index contributed by atoms with van der Waals surface area (Å²) in [5, 5.41) is 6.35. The number of fused-ring (bicyclic) bond motifs is 2. The molecule has 2 amide bonds. The van der Waals surface area contributed by atoms with Gasteiger partial charge in [0.25, 0.3) is 5.56 Å². The fourth-order valence-electron chi connectivity index (χ4n) is 3.86. The van der Waals surface area contributed by atoms with E-state index in [0.29, 0.717) is 33.5 Å². The van der Waals surface area contributed by atoms with Crippen LogP contribution in [-0.4, -0.2) is 21.0 Å². The SMILES string of the molecule is CC(C)CCc1nc2ccc(-c3ccc4sc(NC(=O)Nc5ccc(F)cc5)nc4c3)cc2c(=O)[nH]1. The molecular formula is C27H24FN5O2S. The van der Waals surface area contributed by atoms with Crippen molar-refractivity contribution in [2.75, 3.05) is 10.6 Å². The standard InChI is InChI=1S/C27H24FN5O2S/c1-15(2)3-12-24-30-21-10-4-16(13-20(21)25(34)32-24)17-5-11-23-22(14-17)31-27(36-23)33-26(35)29-19-8-6-18(28)7-9-19/h4-11,13-15H,3,12H2,1-2H3,(H,30,32,34)(H2,29,31,33,35). The lowest BCUT2D eigenvalue weighted by molar-refractivity contribution is 0.262. The highest BCUT2D eigenvalue weighted by atomic mass is 32.1. The quantitative estimate of drug-likeness (QED) is 0.245. The molecule has 3 aromatic carbocycles. The van der Waals surface area contributed by atoms with Gasteiger partial charge in [0, 0.05) is 12.1 Å². The highest BCUT2D eigenvalue weighted by Crippen LogP contribution is 2.31. The molecule has 0 saturated heterocycles. The Bertz CT molecular complexity index is 1630. The summed E-state index contributed by atoms with van der Waals surface area (Å²) in [5.41, 5.74) is 3.52. The number of aromatic nitrogens is 3. The van der Waals surface area contributed by atoms with Gasteiger partial charge in [-0.25, -0.2) is 19.2 Å². The third-order valence-corrected chi connectivity index (χ3v) is 6.71. The maximum absolute atomic E-state index is 13.1. The Balaban J connectivity index is 1.36. The summed E-state index contributed by atoms with van der Waals surface area (Å²) < 4.78 is 14.0. The van der Waals surface area contributed by atoms with E-state index >= 15 is 0 Å². The predicted molar refractivity (Wildman–Crippen MR) is 143 cm³/mol. The van der Waals surface area contributed by atoms with Gasteiger partial charge in [-0.3, -0.25) is 10.1 Å². The second-order valence-corrected chi connectivity index (χ2v) is 10.00. The predicted octanol–water partition coefficient (Wildman–Crippen LogP) is 6.57. The Morgan fingerprint density at radius 2 is 1.72 bits per heavy atom. The Kier molecular flexibility index (Phi) is 6.47. The molecule has 0 spiro atoms. The Labute approximate surface area is 210 Å². The topological polar surface area (TPSA) is 99.8 Å². The molecule has 3 N–H and O–H groups in total. The summed E-state index contributed by atoms with van der Waals surface area (Å²) >= 11 is 1.35. The molecule has 9 heteroatoms. The number of hydrogen-bond donors (Lipinski definition) is 3. The van der Waals surface area contributed by atoms with Crippen LogP contribution in [0.25, 0.3) is 32.2 Å². The molecule has 0 aliphatic carbocycles. The first-order valence-corrected chi connectivity index (χ1v) is 12.4. The molecule has 5 aromatic rings. The van der Waals surface area contributed by atoms with Crippen molar-refractivity contribution in [3.8, 4) is 11.1 Å².